The maximum Gasteiger partial charge on any atom is 0.0467 e. The first-order chi connectivity index (χ1) is 6.06. The number of hydrogen-bond donors (Lipinski definition) is 1. The van der Waals surface area contributed by atoms with E-state index in [-0.39, 0.29) is 0 Å². The van der Waals surface area contributed by atoms with E-state index in [1.54, 1.807) is 0 Å². The van der Waals surface area contributed by atoms with E-state index in [2.05, 4.69) is 65.1 Å². The van der Waals surface area contributed by atoms with Gasteiger partial charge in [-0.05, 0) is 25.2 Å². The lowest BCUT2D eigenvalue weighted by atomic mass is 9.81. The Hall–Kier alpha value is 1.16. The van der Waals surface area contributed by atoms with Gasteiger partial charge < -0.3 is 5.73 Å². The van der Waals surface area contributed by atoms with Gasteiger partial charge in [-0.1, -0.05) is 63.8 Å². The summed E-state index contributed by atoms with van der Waals surface area (Å²) in [6.07, 6.45) is 3.60. The highest BCUT2D eigenvalue weighted by atomic mass is 127. The van der Waals surface area contributed by atoms with Gasteiger partial charge in [0.1, 0.15) is 0 Å². The van der Waals surface area contributed by atoms with Crippen LogP contribution < -0.4 is 5.73 Å². The van der Waals surface area contributed by atoms with E-state index in [0.29, 0.717) is 15.9 Å². The zero-order valence-corrected chi connectivity index (χ0v) is 12.4. The molecular formula is C10H17I2N. The number of allylic oxidation sites excluding steroid dienone is 1. The van der Waals surface area contributed by atoms with Gasteiger partial charge in [-0.3, -0.25) is 0 Å². The minimum atomic E-state index is 0.362. The summed E-state index contributed by atoms with van der Waals surface area (Å²) in [5.74, 6) is 1.48. The zero-order chi connectivity index (χ0) is 10.0. The van der Waals surface area contributed by atoms with Crippen molar-refractivity contribution in [2.75, 3.05) is 4.43 Å². The average molecular weight is 405 g/mol. The Morgan fingerprint density at radius 3 is 2.77 bits per heavy atom. The van der Waals surface area contributed by atoms with Gasteiger partial charge in [0.25, 0.3) is 0 Å². The number of hydrogen-bond acceptors (Lipinski definition) is 1. The van der Waals surface area contributed by atoms with Crippen LogP contribution in [-0.4, -0.2) is 14.4 Å². The van der Waals surface area contributed by atoms with E-state index in [1.807, 2.05) is 0 Å². The lowest BCUT2D eigenvalue weighted by molar-refractivity contribution is 0.391. The molecule has 2 N–H and O–H groups in total. The van der Waals surface area contributed by atoms with Crippen LogP contribution in [0, 0.1) is 11.8 Å². The van der Waals surface area contributed by atoms with Gasteiger partial charge in [-0.2, -0.15) is 0 Å². The van der Waals surface area contributed by atoms with Crippen molar-refractivity contribution in [1.29, 1.82) is 0 Å². The summed E-state index contributed by atoms with van der Waals surface area (Å²) in [4.78, 5) is 0. The van der Waals surface area contributed by atoms with Crippen molar-refractivity contribution < 1.29 is 0 Å². The predicted octanol–water partition coefficient (Wildman–Crippen LogP) is 3.15. The van der Waals surface area contributed by atoms with E-state index < -0.39 is 0 Å². The molecule has 0 bridgehead atoms. The van der Waals surface area contributed by atoms with Gasteiger partial charge >= 0.3 is 0 Å². The number of alkyl halides is 2. The molecule has 3 heteroatoms. The van der Waals surface area contributed by atoms with Crippen LogP contribution in [-0.2, 0) is 0 Å². The maximum absolute atomic E-state index is 6.10. The molecule has 1 rings (SSSR count). The summed E-state index contributed by atoms with van der Waals surface area (Å²) in [7, 11) is 0. The average Bonchev–Trinajstić information content (AvgIpc) is 2.12. The molecule has 4 atom stereocenters. The molecule has 0 heterocycles. The molecular weight excluding hydrogens is 388 g/mol. The van der Waals surface area contributed by atoms with Gasteiger partial charge in [-0.25, -0.2) is 0 Å². The van der Waals surface area contributed by atoms with Gasteiger partial charge in [-0.15, -0.1) is 0 Å². The Morgan fingerprint density at radius 1 is 1.69 bits per heavy atom. The normalized spacial score (nSPS) is 37.0. The largest absolute Gasteiger partial charge is 0.326 e. The van der Waals surface area contributed by atoms with E-state index in [1.165, 1.54) is 10.0 Å². The summed E-state index contributed by atoms with van der Waals surface area (Å²) >= 11 is 4.92. The third-order valence-corrected chi connectivity index (χ3v) is 6.10. The number of halogens is 2. The fraction of sp³-hybridized carbons (Fsp3) is 0.800. The Balaban J connectivity index is 2.71. The second kappa shape index (κ2) is 5.30. The lowest BCUT2D eigenvalue weighted by Crippen LogP contribution is -2.38. The second-order valence-corrected chi connectivity index (χ2v) is 6.23. The Labute approximate surface area is 108 Å². The van der Waals surface area contributed by atoms with E-state index >= 15 is 0 Å². The first kappa shape index (κ1) is 12.2. The van der Waals surface area contributed by atoms with Crippen LogP contribution in [0.15, 0.2) is 11.6 Å². The molecule has 1 nitrogen and oxygen atoms in total. The number of nitrogens with two attached hydrogens (primary N) is 1. The van der Waals surface area contributed by atoms with E-state index in [9.17, 15) is 0 Å². The Kier molecular flexibility index (Phi) is 4.99. The SMILES string of the molecule is CC1=CC(C(C)CI)CC(N)C1I. The van der Waals surface area contributed by atoms with Crippen LogP contribution in [0.4, 0.5) is 0 Å². The summed E-state index contributed by atoms with van der Waals surface area (Å²) in [5, 5.41) is 0. The van der Waals surface area contributed by atoms with E-state index in [0.717, 1.165) is 12.3 Å². The smallest absolute Gasteiger partial charge is 0.0467 e. The molecule has 1 aliphatic carbocycles. The molecule has 0 saturated heterocycles. The summed E-state index contributed by atoms with van der Waals surface area (Å²) in [5.41, 5.74) is 7.57. The third-order valence-electron chi connectivity index (χ3n) is 2.81. The number of rotatable bonds is 2. The molecule has 0 fully saturated rings. The maximum atomic E-state index is 6.10. The van der Waals surface area contributed by atoms with Crippen LogP contribution in [0.2, 0.25) is 0 Å². The molecule has 4 unspecified atom stereocenters. The van der Waals surface area contributed by atoms with Crippen LogP contribution in [0.25, 0.3) is 0 Å². The molecule has 0 aromatic rings. The lowest BCUT2D eigenvalue weighted by Gasteiger charge is -2.32. The first-order valence-corrected chi connectivity index (χ1v) is 7.47. The molecule has 0 spiro atoms. The van der Waals surface area contributed by atoms with Crippen molar-refractivity contribution in [2.24, 2.45) is 17.6 Å². The van der Waals surface area contributed by atoms with Crippen molar-refractivity contribution in [3.05, 3.63) is 11.6 Å². The first-order valence-electron chi connectivity index (χ1n) is 4.70. The molecule has 1 aliphatic rings. The minimum Gasteiger partial charge on any atom is -0.326 e. The second-order valence-electron chi connectivity index (χ2n) is 4.01. The highest BCUT2D eigenvalue weighted by Crippen LogP contribution is 2.32. The third kappa shape index (κ3) is 3.06. The molecule has 0 saturated carbocycles. The highest BCUT2D eigenvalue weighted by molar-refractivity contribution is 14.1. The van der Waals surface area contributed by atoms with Crippen molar-refractivity contribution >= 4 is 45.2 Å². The Bertz CT molecular complexity index is 203. The van der Waals surface area contributed by atoms with Gasteiger partial charge in [0.15, 0.2) is 0 Å². The molecule has 0 aromatic heterocycles. The minimum absolute atomic E-state index is 0.362. The molecule has 0 radical (unpaired) electrons. The molecule has 0 aromatic carbocycles. The summed E-state index contributed by atoms with van der Waals surface area (Å²) in [6.45, 7) is 4.53. The molecule has 0 amide bonds. The topological polar surface area (TPSA) is 26.0 Å². The van der Waals surface area contributed by atoms with Gasteiger partial charge in [0, 0.05) is 14.4 Å². The Morgan fingerprint density at radius 2 is 2.31 bits per heavy atom. The van der Waals surface area contributed by atoms with Crippen LogP contribution in [0.1, 0.15) is 20.3 Å². The summed E-state index contributed by atoms with van der Waals surface area (Å²) < 4.78 is 1.78. The van der Waals surface area contributed by atoms with Crippen molar-refractivity contribution in [1.82, 2.24) is 0 Å². The fourth-order valence-corrected chi connectivity index (χ4v) is 2.93. The molecule has 13 heavy (non-hydrogen) atoms. The molecule has 0 aliphatic heterocycles. The van der Waals surface area contributed by atoms with Gasteiger partial charge in [0.05, 0.1) is 0 Å². The van der Waals surface area contributed by atoms with Crippen molar-refractivity contribution in [3.63, 3.8) is 0 Å². The predicted molar refractivity (Wildman–Crippen MR) is 75.7 cm³/mol. The van der Waals surface area contributed by atoms with Crippen LogP contribution >= 0.6 is 45.2 Å². The summed E-state index contributed by atoms with van der Waals surface area (Å²) in [6, 6.07) is 0.362. The van der Waals surface area contributed by atoms with Gasteiger partial charge in [0.2, 0.25) is 0 Å². The quantitative estimate of drug-likeness (QED) is 0.427. The van der Waals surface area contributed by atoms with Crippen LogP contribution in [0.3, 0.4) is 0 Å². The zero-order valence-electron chi connectivity index (χ0n) is 8.13. The highest BCUT2D eigenvalue weighted by Gasteiger charge is 2.27. The standard InChI is InChI=1S/C10H17I2N/c1-6-3-8(7(2)5-11)4-9(13)10(6)12/h3,7-10H,4-5,13H2,1-2H3. The van der Waals surface area contributed by atoms with Crippen LogP contribution in [0.5, 0.6) is 0 Å². The van der Waals surface area contributed by atoms with Crippen molar-refractivity contribution in [3.8, 4) is 0 Å². The van der Waals surface area contributed by atoms with Crippen molar-refractivity contribution in [2.45, 2.75) is 30.2 Å². The fourth-order valence-electron chi connectivity index (χ4n) is 1.78. The molecule has 76 valence electrons. The monoisotopic (exact) mass is 405 g/mol. The van der Waals surface area contributed by atoms with E-state index in [4.69, 9.17) is 5.73 Å².